The van der Waals surface area contributed by atoms with E-state index < -0.39 is 5.56 Å². The largest absolute Gasteiger partial charge is 0.503 e. The van der Waals surface area contributed by atoms with Gasteiger partial charge in [0.25, 0.3) is 5.56 Å². The average molecular weight is 224 g/mol. The van der Waals surface area contributed by atoms with Crippen molar-refractivity contribution in [2.45, 2.75) is 0 Å². The van der Waals surface area contributed by atoms with E-state index >= 15 is 0 Å². The molecule has 0 spiro atoms. The normalized spacial score (nSPS) is 9.80. The molecule has 1 aromatic heterocycles. The van der Waals surface area contributed by atoms with Crippen LogP contribution in [-0.4, -0.2) is 10.1 Å². The zero-order valence-corrected chi connectivity index (χ0v) is 7.03. The molecule has 54 valence electrons. The lowest BCUT2D eigenvalue weighted by molar-refractivity contribution is 0.466. The van der Waals surface area contributed by atoms with E-state index in [2.05, 4.69) is 20.9 Å². The summed E-state index contributed by atoms with van der Waals surface area (Å²) in [5.41, 5.74) is -0.590. The van der Waals surface area contributed by atoms with Crippen molar-refractivity contribution in [3.63, 3.8) is 0 Å². The predicted octanol–water partition coefficient (Wildman–Crippen LogP) is 1.50. The summed E-state index contributed by atoms with van der Waals surface area (Å²) in [5.74, 6) is -0.351. The van der Waals surface area contributed by atoms with E-state index in [4.69, 9.17) is 16.7 Å². The van der Waals surface area contributed by atoms with Crippen LogP contribution < -0.4 is 5.56 Å². The maximum atomic E-state index is 10.6. The van der Waals surface area contributed by atoms with Gasteiger partial charge in [-0.1, -0.05) is 11.6 Å². The second kappa shape index (κ2) is 2.64. The van der Waals surface area contributed by atoms with Gasteiger partial charge in [-0.05, 0) is 15.9 Å². The molecule has 0 radical (unpaired) electrons. The van der Waals surface area contributed by atoms with Crippen LogP contribution in [0.15, 0.2) is 15.3 Å². The van der Waals surface area contributed by atoms with Crippen LogP contribution in [0.2, 0.25) is 5.15 Å². The van der Waals surface area contributed by atoms with Crippen LogP contribution >= 0.6 is 27.5 Å². The van der Waals surface area contributed by atoms with Crippen LogP contribution in [0.4, 0.5) is 0 Å². The fourth-order valence-corrected chi connectivity index (χ4v) is 0.929. The molecule has 5 heteroatoms. The SMILES string of the molecule is O=c1[nH]c(Cl)c(Br)cc1O. The quantitative estimate of drug-likeness (QED) is 0.656. The maximum absolute atomic E-state index is 10.6. The summed E-state index contributed by atoms with van der Waals surface area (Å²) < 4.78 is 0.464. The second-order valence-electron chi connectivity index (χ2n) is 1.65. The molecule has 0 saturated heterocycles. The Labute approximate surface area is 69.8 Å². The molecule has 1 heterocycles. The van der Waals surface area contributed by atoms with Crippen LogP contribution in [0.5, 0.6) is 5.75 Å². The number of aromatic amines is 1. The minimum absolute atomic E-state index is 0.183. The lowest BCUT2D eigenvalue weighted by atomic mass is 10.5. The minimum atomic E-state index is -0.590. The van der Waals surface area contributed by atoms with Gasteiger partial charge in [0.2, 0.25) is 0 Å². The first-order valence-electron chi connectivity index (χ1n) is 2.38. The average Bonchev–Trinajstić information content (AvgIpc) is 1.84. The zero-order valence-electron chi connectivity index (χ0n) is 4.69. The van der Waals surface area contributed by atoms with E-state index in [1.54, 1.807) is 0 Å². The first kappa shape index (κ1) is 7.63. The van der Waals surface area contributed by atoms with E-state index in [0.717, 1.165) is 0 Å². The number of nitrogens with one attached hydrogen (secondary N) is 1. The molecule has 0 saturated carbocycles. The Bertz CT molecular complexity index is 309. The van der Waals surface area contributed by atoms with Crippen LogP contribution in [-0.2, 0) is 0 Å². The molecule has 0 bridgehead atoms. The van der Waals surface area contributed by atoms with Gasteiger partial charge < -0.3 is 10.1 Å². The number of hydrogen-bond acceptors (Lipinski definition) is 2. The van der Waals surface area contributed by atoms with E-state index in [9.17, 15) is 4.79 Å². The Balaban J connectivity index is 3.43. The predicted molar refractivity (Wildman–Crippen MR) is 41.4 cm³/mol. The highest BCUT2D eigenvalue weighted by atomic mass is 79.9. The molecular weight excluding hydrogens is 221 g/mol. The molecule has 2 N–H and O–H groups in total. The molecule has 1 aromatic rings. The number of aromatic nitrogens is 1. The van der Waals surface area contributed by atoms with Crippen LogP contribution in [0, 0.1) is 0 Å². The summed E-state index contributed by atoms with van der Waals surface area (Å²) in [6.45, 7) is 0. The minimum Gasteiger partial charge on any atom is -0.503 e. The summed E-state index contributed by atoms with van der Waals surface area (Å²) in [6.07, 6.45) is 0. The highest BCUT2D eigenvalue weighted by Crippen LogP contribution is 2.20. The summed E-state index contributed by atoms with van der Waals surface area (Å²) in [5, 5.41) is 8.98. The van der Waals surface area contributed by atoms with Gasteiger partial charge in [0.1, 0.15) is 5.15 Å². The lowest BCUT2D eigenvalue weighted by Crippen LogP contribution is -2.04. The number of H-pyrrole nitrogens is 1. The molecule has 0 aliphatic carbocycles. The number of aromatic hydroxyl groups is 1. The van der Waals surface area contributed by atoms with Gasteiger partial charge >= 0.3 is 0 Å². The molecule has 0 fully saturated rings. The Morgan fingerprint density at radius 3 is 2.80 bits per heavy atom. The third kappa shape index (κ3) is 1.33. The van der Waals surface area contributed by atoms with Crippen molar-refractivity contribution < 1.29 is 5.11 Å². The summed E-state index contributed by atoms with van der Waals surface area (Å²) in [6, 6.07) is 1.24. The Morgan fingerprint density at radius 2 is 2.30 bits per heavy atom. The molecule has 10 heavy (non-hydrogen) atoms. The molecule has 0 amide bonds. The van der Waals surface area contributed by atoms with Crippen LogP contribution in [0.25, 0.3) is 0 Å². The number of pyridine rings is 1. The van der Waals surface area contributed by atoms with E-state index in [0.29, 0.717) is 4.47 Å². The van der Waals surface area contributed by atoms with Gasteiger partial charge in [-0.15, -0.1) is 0 Å². The second-order valence-corrected chi connectivity index (χ2v) is 2.88. The van der Waals surface area contributed by atoms with Crippen molar-refractivity contribution in [2.75, 3.05) is 0 Å². The van der Waals surface area contributed by atoms with Crippen molar-refractivity contribution in [2.24, 2.45) is 0 Å². The van der Waals surface area contributed by atoms with Crippen molar-refractivity contribution in [3.8, 4) is 5.75 Å². The number of rotatable bonds is 0. The van der Waals surface area contributed by atoms with Gasteiger partial charge in [-0.2, -0.15) is 0 Å². The fourth-order valence-electron chi connectivity index (χ4n) is 0.472. The molecule has 0 aromatic carbocycles. The Kier molecular flexibility index (Phi) is 2.01. The van der Waals surface area contributed by atoms with Crippen molar-refractivity contribution in [1.29, 1.82) is 0 Å². The third-order valence-corrected chi connectivity index (χ3v) is 2.08. The van der Waals surface area contributed by atoms with Gasteiger partial charge in [0, 0.05) is 6.07 Å². The molecule has 0 aliphatic rings. The van der Waals surface area contributed by atoms with E-state index in [1.807, 2.05) is 0 Å². The maximum Gasteiger partial charge on any atom is 0.291 e. The Hall–Kier alpha value is -0.480. The monoisotopic (exact) mass is 223 g/mol. The number of halogens is 2. The first-order valence-corrected chi connectivity index (χ1v) is 3.55. The van der Waals surface area contributed by atoms with Crippen molar-refractivity contribution in [1.82, 2.24) is 4.98 Å². The molecule has 0 unspecified atom stereocenters. The van der Waals surface area contributed by atoms with Gasteiger partial charge in [-0.3, -0.25) is 4.79 Å². The standard InChI is InChI=1S/C5H3BrClNO2/c6-2-1-3(9)5(10)8-4(2)7/h1,9H,(H,8,10). The van der Waals surface area contributed by atoms with E-state index in [1.165, 1.54) is 6.07 Å². The van der Waals surface area contributed by atoms with Crippen molar-refractivity contribution in [3.05, 3.63) is 26.0 Å². The van der Waals surface area contributed by atoms with Gasteiger partial charge in [0.15, 0.2) is 5.75 Å². The summed E-state index contributed by atoms with van der Waals surface area (Å²) >= 11 is 8.49. The van der Waals surface area contributed by atoms with Crippen LogP contribution in [0.3, 0.4) is 0 Å². The van der Waals surface area contributed by atoms with Crippen molar-refractivity contribution >= 4 is 27.5 Å². The molecule has 0 aliphatic heterocycles. The highest BCUT2D eigenvalue weighted by molar-refractivity contribution is 9.10. The fraction of sp³-hybridized carbons (Fsp3) is 0. The molecule has 3 nitrogen and oxygen atoms in total. The zero-order chi connectivity index (χ0) is 7.72. The van der Waals surface area contributed by atoms with Gasteiger partial charge in [0.05, 0.1) is 4.47 Å². The third-order valence-electron chi connectivity index (χ3n) is 0.929. The van der Waals surface area contributed by atoms with Crippen LogP contribution in [0.1, 0.15) is 0 Å². The first-order chi connectivity index (χ1) is 4.61. The highest BCUT2D eigenvalue weighted by Gasteiger charge is 2.01. The molecule has 0 atom stereocenters. The molecular formula is C5H3BrClNO2. The lowest BCUT2D eigenvalue weighted by Gasteiger charge is -1.94. The van der Waals surface area contributed by atoms with E-state index in [-0.39, 0.29) is 10.9 Å². The summed E-state index contributed by atoms with van der Waals surface area (Å²) in [7, 11) is 0. The topological polar surface area (TPSA) is 53.1 Å². The van der Waals surface area contributed by atoms with Gasteiger partial charge in [-0.25, -0.2) is 0 Å². The number of hydrogen-bond donors (Lipinski definition) is 2. The Morgan fingerprint density at radius 1 is 1.70 bits per heavy atom. The smallest absolute Gasteiger partial charge is 0.291 e. The summed E-state index contributed by atoms with van der Waals surface area (Å²) in [4.78, 5) is 12.8. The molecule has 1 rings (SSSR count).